The molecule has 1 unspecified atom stereocenters. The fraction of sp³-hybridized carbons (Fsp3) is 1.00. The van der Waals surface area contributed by atoms with Crippen LogP contribution in [0.25, 0.3) is 0 Å². The van der Waals surface area contributed by atoms with Crippen molar-refractivity contribution in [3.05, 3.63) is 0 Å². The highest BCUT2D eigenvalue weighted by atomic mass is 32.1. The molecule has 0 N–H and O–H groups in total. The molecule has 0 aromatic carbocycles. The van der Waals surface area contributed by atoms with E-state index in [1.165, 1.54) is 0 Å². The lowest BCUT2D eigenvalue weighted by Gasteiger charge is -2.34. The van der Waals surface area contributed by atoms with Gasteiger partial charge in [-0.25, -0.2) is 0 Å². The van der Waals surface area contributed by atoms with Gasteiger partial charge in [0.15, 0.2) is 0 Å². The van der Waals surface area contributed by atoms with Crippen LogP contribution in [0, 0.1) is 0 Å². The van der Waals surface area contributed by atoms with Crippen molar-refractivity contribution in [2.75, 3.05) is 0 Å². The van der Waals surface area contributed by atoms with Crippen molar-refractivity contribution < 1.29 is 8.85 Å². The van der Waals surface area contributed by atoms with Gasteiger partial charge in [0.05, 0.1) is 4.93 Å². The van der Waals surface area contributed by atoms with Crippen LogP contribution in [0.5, 0.6) is 0 Å². The third-order valence-electron chi connectivity index (χ3n) is 1.59. The lowest BCUT2D eigenvalue weighted by atomic mass is 10.5. The largest absolute Gasteiger partial charge is 0.392 e. The third kappa shape index (κ3) is 6.54. The highest BCUT2D eigenvalue weighted by molar-refractivity contribution is 7.81. The molecule has 0 rings (SSSR count). The normalized spacial score (nSPS) is 17.5. The highest BCUT2D eigenvalue weighted by Gasteiger charge is 2.35. The Hall–Kier alpha value is 0.487. The van der Waals surface area contributed by atoms with E-state index in [0.29, 0.717) is 0 Å². The molecule has 0 aliphatic carbocycles. The summed E-state index contributed by atoms with van der Waals surface area (Å²) in [4.78, 5) is -0.397. The van der Waals surface area contributed by atoms with Gasteiger partial charge in [0.1, 0.15) is 0 Å². The standard InChI is InChI=1S/C9H22O2SSi/c1-7-13(6,10-8(2)3)11-9(4,5)12/h8,12H,7H2,1-6H3. The van der Waals surface area contributed by atoms with Gasteiger partial charge in [0, 0.05) is 6.10 Å². The molecule has 0 amide bonds. The molecule has 80 valence electrons. The number of thiol groups is 1. The van der Waals surface area contributed by atoms with Gasteiger partial charge in [0.25, 0.3) is 0 Å². The summed E-state index contributed by atoms with van der Waals surface area (Å²) in [5, 5.41) is 0. The van der Waals surface area contributed by atoms with Crippen LogP contribution >= 0.6 is 12.6 Å². The minimum absolute atomic E-state index is 0.229. The molecular formula is C9H22O2SSi. The molecule has 0 fully saturated rings. The molecule has 13 heavy (non-hydrogen) atoms. The fourth-order valence-corrected chi connectivity index (χ4v) is 4.20. The van der Waals surface area contributed by atoms with Crippen molar-refractivity contribution in [3.8, 4) is 0 Å². The molecule has 0 aliphatic heterocycles. The van der Waals surface area contributed by atoms with Crippen LogP contribution in [0.4, 0.5) is 0 Å². The van der Waals surface area contributed by atoms with E-state index in [-0.39, 0.29) is 6.10 Å². The Morgan fingerprint density at radius 1 is 1.38 bits per heavy atom. The van der Waals surface area contributed by atoms with Gasteiger partial charge in [-0.3, -0.25) is 0 Å². The molecule has 0 heterocycles. The Labute approximate surface area is 88.7 Å². The van der Waals surface area contributed by atoms with E-state index in [2.05, 4.69) is 26.1 Å². The summed E-state index contributed by atoms with van der Waals surface area (Å²) in [6.07, 6.45) is 0.229. The van der Waals surface area contributed by atoms with Crippen LogP contribution in [0.1, 0.15) is 34.6 Å². The minimum atomic E-state index is -2.00. The molecule has 4 heteroatoms. The second-order valence-corrected chi connectivity index (χ2v) is 8.69. The number of hydrogen-bond acceptors (Lipinski definition) is 3. The van der Waals surface area contributed by atoms with Gasteiger partial charge in [-0.15, -0.1) is 12.6 Å². The molecule has 0 saturated heterocycles. The van der Waals surface area contributed by atoms with Gasteiger partial charge in [-0.1, -0.05) is 6.92 Å². The second-order valence-electron chi connectivity index (χ2n) is 4.20. The zero-order chi connectivity index (χ0) is 10.7. The second kappa shape index (κ2) is 4.82. The van der Waals surface area contributed by atoms with Crippen molar-refractivity contribution >= 4 is 21.2 Å². The molecule has 1 atom stereocenters. The molecule has 0 radical (unpaired) electrons. The van der Waals surface area contributed by atoms with Crippen LogP contribution in [0.3, 0.4) is 0 Å². The molecule has 0 aromatic heterocycles. The van der Waals surface area contributed by atoms with Gasteiger partial charge >= 0.3 is 8.56 Å². The van der Waals surface area contributed by atoms with E-state index < -0.39 is 13.5 Å². The Balaban J connectivity index is 4.28. The van der Waals surface area contributed by atoms with Gasteiger partial charge in [-0.2, -0.15) is 0 Å². The predicted molar refractivity (Wildman–Crippen MR) is 62.5 cm³/mol. The van der Waals surface area contributed by atoms with Crippen molar-refractivity contribution in [1.29, 1.82) is 0 Å². The summed E-state index contributed by atoms with van der Waals surface area (Å²) >= 11 is 4.36. The molecule has 2 nitrogen and oxygen atoms in total. The summed E-state index contributed by atoms with van der Waals surface area (Å²) < 4.78 is 11.7. The summed E-state index contributed by atoms with van der Waals surface area (Å²) in [7, 11) is -2.00. The quantitative estimate of drug-likeness (QED) is 0.437. The summed E-state index contributed by atoms with van der Waals surface area (Å²) in [6, 6.07) is 0.954. The summed E-state index contributed by atoms with van der Waals surface area (Å²) in [5.41, 5.74) is 0. The van der Waals surface area contributed by atoms with Crippen molar-refractivity contribution in [1.82, 2.24) is 0 Å². The molecule has 0 spiro atoms. The van der Waals surface area contributed by atoms with Gasteiger partial charge in [0.2, 0.25) is 0 Å². The van der Waals surface area contributed by atoms with Gasteiger partial charge in [-0.05, 0) is 40.3 Å². The lowest BCUT2D eigenvalue weighted by molar-refractivity contribution is 0.0952. The maximum Gasteiger partial charge on any atom is 0.335 e. The zero-order valence-corrected chi connectivity index (χ0v) is 11.4. The first-order valence-corrected chi connectivity index (χ1v) is 7.76. The van der Waals surface area contributed by atoms with Crippen LogP contribution in [0.2, 0.25) is 12.6 Å². The van der Waals surface area contributed by atoms with Crippen molar-refractivity contribution in [2.24, 2.45) is 0 Å². The van der Waals surface area contributed by atoms with Crippen molar-refractivity contribution in [2.45, 2.75) is 58.2 Å². The first-order chi connectivity index (χ1) is 5.68. The average Bonchev–Trinajstić information content (AvgIpc) is 1.81. The maximum absolute atomic E-state index is 5.87. The van der Waals surface area contributed by atoms with Gasteiger partial charge < -0.3 is 8.85 Å². The molecule has 0 aromatic rings. The first kappa shape index (κ1) is 13.5. The van der Waals surface area contributed by atoms with E-state index in [1.54, 1.807) is 0 Å². The predicted octanol–water partition coefficient (Wildman–Crippen LogP) is 3.19. The summed E-state index contributed by atoms with van der Waals surface area (Å²) in [5.74, 6) is 0. The first-order valence-electron chi connectivity index (χ1n) is 4.79. The fourth-order valence-electron chi connectivity index (χ4n) is 1.21. The van der Waals surface area contributed by atoms with E-state index in [1.807, 2.05) is 27.7 Å². The van der Waals surface area contributed by atoms with Crippen LogP contribution in [-0.4, -0.2) is 19.6 Å². The Bertz CT molecular complexity index is 156. The average molecular weight is 222 g/mol. The number of hydrogen-bond donors (Lipinski definition) is 1. The van der Waals surface area contributed by atoms with E-state index >= 15 is 0 Å². The lowest BCUT2D eigenvalue weighted by Crippen LogP contribution is -2.45. The number of rotatable bonds is 5. The minimum Gasteiger partial charge on any atom is -0.392 e. The van der Waals surface area contributed by atoms with E-state index in [4.69, 9.17) is 8.85 Å². The summed E-state index contributed by atoms with van der Waals surface area (Å²) in [6.45, 7) is 12.2. The molecular weight excluding hydrogens is 200 g/mol. The highest BCUT2D eigenvalue weighted by Crippen LogP contribution is 2.25. The monoisotopic (exact) mass is 222 g/mol. The smallest absolute Gasteiger partial charge is 0.335 e. The van der Waals surface area contributed by atoms with E-state index in [0.717, 1.165) is 6.04 Å². The topological polar surface area (TPSA) is 18.5 Å². The third-order valence-corrected chi connectivity index (χ3v) is 5.05. The van der Waals surface area contributed by atoms with Crippen LogP contribution < -0.4 is 0 Å². The van der Waals surface area contributed by atoms with Crippen molar-refractivity contribution in [3.63, 3.8) is 0 Å². The Kier molecular flexibility index (Phi) is 5.00. The molecule has 0 aliphatic rings. The Morgan fingerprint density at radius 3 is 2.08 bits per heavy atom. The zero-order valence-electron chi connectivity index (χ0n) is 9.55. The molecule has 0 bridgehead atoms. The SMILES string of the molecule is CC[Si](C)(OC(C)C)OC(C)(C)S. The molecule has 0 saturated carbocycles. The van der Waals surface area contributed by atoms with Crippen LogP contribution in [-0.2, 0) is 8.85 Å². The van der Waals surface area contributed by atoms with E-state index in [9.17, 15) is 0 Å². The van der Waals surface area contributed by atoms with Crippen LogP contribution in [0.15, 0.2) is 0 Å². The maximum atomic E-state index is 5.87. The Morgan fingerprint density at radius 2 is 1.85 bits per heavy atom.